The minimum atomic E-state index is -0.204. The van der Waals surface area contributed by atoms with Crippen molar-refractivity contribution in [3.8, 4) is 5.75 Å². The highest BCUT2D eigenvalue weighted by atomic mass is 79.9. The predicted octanol–water partition coefficient (Wildman–Crippen LogP) is 2.09. The molecule has 17 heavy (non-hydrogen) atoms. The Balaban J connectivity index is 0.00000256. The van der Waals surface area contributed by atoms with Crippen LogP contribution in [-0.4, -0.2) is 18.8 Å². The van der Waals surface area contributed by atoms with Crippen molar-refractivity contribution in [3.63, 3.8) is 0 Å². The highest BCUT2D eigenvalue weighted by molar-refractivity contribution is 9.10. The number of nitrogens with one attached hydrogen (secondary N) is 2. The van der Waals surface area contributed by atoms with Crippen molar-refractivity contribution in [1.29, 1.82) is 5.41 Å². The fourth-order valence-corrected chi connectivity index (χ4v) is 1.46. The average molecular weight is 322 g/mol. The molecule has 0 fully saturated rings. The Kier molecular flexibility index (Phi) is 7.32. The van der Waals surface area contributed by atoms with E-state index in [4.69, 9.17) is 15.9 Å². The van der Waals surface area contributed by atoms with Gasteiger partial charge in [0, 0.05) is 10.0 Å². The molecule has 0 aromatic heterocycles. The van der Waals surface area contributed by atoms with E-state index in [-0.39, 0.29) is 18.4 Å². The highest BCUT2D eigenvalue weighted by Gasteiger charge is 2.01. The molecule has 0 unspecified atom stereocenters. The maximum atomic E-state index is 6.95. The number of hydrazone groups is 1. The molecule has 0 atom stereocenters. The zero-order valence-electron chi connectivity index (χ0n) is 9.24. The summed E-state index contributed by atoms with van der Waals surface area (Å²) in [7, 11) is 0. The lowest BCUT2D eigenvalue weighted by Crippen LogP contribution is -2.25. The molecule has 0 saturated heterocycles. The molecule has 0 aliphatic rings. The molecule has 0 spiro atoms. The second kappa shape index (κ2) is 7.92. The number of benzene rings is 1. The third-order valence-corrected chi connectivity index (χ3v) is 2.15. The van der Waals surface area contributed by atoms with E-state index in [2.05, 4.69) is 26.5 Å². The molecular weight excluding hydrogens is 307 g/mol. The van der Waals surface area contributed by atoms with Gasteiger partial charge in [-0.1, -0.05) is 15.9 Å². The Morgan fingerprint density at radius 3 is 2.94 bits per heavy atom. The van der Waals surface area contributed by atoms with E-state index in [0.717, 1.165) is 15.8 Å². The molecule has 0 heterocycles. The number of guanidine groups is 1. The molecule has 0 aliphatic carbocycles. The molecule has 0 amide bonds. The summed E-state index contributed by atoms with van der Waals surface area (Å²) in [5.41, 5.74) is 8.25. The van der Waals surface area contributed by atoms with Crippen LogP contribution >= 0.6 is 28.3 Å². The Morgan fingerprint density at radius 1 is 1.65 bits per heavy atom. The quantitative estimate of drug-likeness (QED) is 0.451. The minimum Gasteiger partial charge on any atom is -0.493 e. The summed E-state index contributed by atoms with van der Waals surface area (Å²) in [4.78, 5) is 0. The van der Waals surface area contributed by atoms with Gasteiger partial charge in [0.2, 0.25) is 5.96 Å². The summed E-state index contributed by atoms with van der Waals surface area (Å²) in [5.74, 6) is 0.531. The first kappa shape index (κ1) is 15.7. The van der Waals surface area contributed by atoms with E-state index in [0.29, 0.717) is 6.61 Å². The van der Waals surface area contributed by atoms with Crippen LogP contribution in [0, 0.1) is 5.41 Å². The Labute approximate surface area is 114 Å². The molecule has 0 radical (unpaired) electrons. The van der Waals surface area contributed by atoms with E-state index in [1.165, 1.54) is 0 Å². The first-order valence-corrected chi connectivity index (χ1v) is 5.48. The van der Waals surface area contributed by atoms with Gasteiger partial charge in [-0.15, -0.1) is 12.4 Å². The summed E-state index contributed by atoms with van der Waals surface area (Å²) in [5, 5.41) is 10.7. The lowest BCUT2D eigenvalue weighted by Gasteiger charge is -2.06. The van der Waals surface area contributed by atoms with Crippen LogP contribution in [0.4, 0.5) is 0 Å². The summed E-state index contributed by atoms with van der Waals surface area (Å²) >= 11 is 3.36. The largest absolute Gasteiger partial charge is 0.493 e. The standard InChI is InChI=1S/C10H13BrN4O.ClH/c1-2-16-9-4-3-8(11)5-7(9)6-14-15-10(12)13;/h3-6H,2H2,1H3,(H4,12,13,15);1H. The summed E-state index contributed by atoms with van der Waals surface area (Å²) in [6, 6.07) is 5.61. The van der Waals surface area contributed by atoms with Gasteiger partial charge in [-0.05, 0) is 25.1 Å². The van der Waals surface area contributed by atoms with Gasteiger partial charge in [0.15, 0.2) is 0 Å². The first-order chi connectivity index (χ1) is 7.63. The molecule has 0 aliphatic heterocycles. The fourth-order valence-electron chi connectivity index (χ4n) is 1.08. The van der Waals surface area contributed by atoms with Crippen molar-refractivity contribution in [2.75, 3.05) is 6.61 Å². The number of hydrogen-bond acceptors (Lipinski definition) is 3. The highest BCUT2D eigenvalue weighted by Crippen LogP contribution is 2.21. The third kappa shape index (κ3) is 5.55. The van der Waals surface area contributed by atoms with Crippen molar-refractivity contribution in [2.45, 2.75) is 6.92 Å². The molecule has 7 heteroatoms. The van der Waals surface area contributed by atoms with E-state index >= 15 is 0 Å². The Bertz CT molecular complexity index is 411. The van der Waals surface area contributed by atoms with Gasteiger partial charge in [-0.3, -0.25) is 5.41 Å². The van der Waals surface area contributed by atoms with Crippen molar-refractivity contribution in [2.24, 2.45) is 10.8 Å². The van der Waals surface area contributed by atoms with Gasteiger partial charge in [0.1, 0.15) is 5.75 Å². The molecule has 1 aromatic carbocycles. The smallest absolute Gasteiger partial charge is 0.206 e. The zero-order valence-corrected chi connectivity index (χ0v) is 11.6. The summed E-state index contributed by atoms with van der Waals surface area (Å²) in [6.07, 6.45) is 1.55. The summed E-state index contributed by atoms with van der Waals surface area (Å²) < 4.78 is 6.36. The molecule has 5 nitrogen and oxygen atoms in total. The second-order valence-corrected chi connectivity index (χ2v) is 3.81. The van der Waals surface area contributed by atoms with Crippen molar-refractivity contribution in [1.82, 2.24) is 5.43 Å². The monoisotopic (exact) mass is 320 g/mol. The minimum absolute atomic E-state index is 0. The number of halogens is 2. The van der Waals surface area contributed by atoms with Crippen LogP contribution < -0.4 is 15.9 Å². The van der Waals surface area contributed by atoms with Gasteiger partial charge in [-0.2, -0.15) is 5.10 Å². The normalized spacial score (nSPS) is 9.76. The fraction of sp³-hybridized carbons (Fsp3) is 0.200. The number of nitrogens with two attached hydrogens (primary N) is 1. The van der Waals surface area contributed by atoms with E-state index in [1.807, 2.05) is 25.1 Å². The average Bonchev–Trinajstić information content (AvgIpc) is 2.21. The molecular formula is C10H14BrClN4O. The van der Waals surface area contributed by atoms with Crippen LogP contribution in [0.1, 0.15) is 12.5 Å². The van der Waals surface area contributed by atoms with Crippen molar-refractivity contribution < 1.29 is 4.74 Å². The van der Waals surface area contributed by atoms with Crippen LogP contribution in [0.2, 0.25) is 0 Å². The van der Waals surface area contributed by atoms with Gasteiger partial charge >= 0.3 is 0 Å². The van der Waals surface area contributed by atoms with E-state index in [9.17, 15) is 0 Å². The van der Waals surface area contributed by atoms with Crippen LogP contribution in [0.5, 0.6) is 5.75 Å². The third-order valence-electron chi connectivity index (χ3n) is 1.66. The topological polar surface area (TPSA) is 83.5 Å². The first-order valence-electron chi connectivity index (χ1n) is 4.69. The van der Waals surface area contributed by atoms with Crippen LogP contribution in [0.25, 0.3) is 0 Å². The van der Waals surface area contributed by atoms with E-state index < -0.39 is 0 Å². The number of nitrogens with zero attached hydrogens (tertiary/aromatic N) is 1. The predicted molar refractivity (Wildman–Crippen MR) is 75.2 cm³/mol. The van der Waals surface area contributed by atoms with Gasteiger partial charge in [-0.25, -0.2) is 5.43 Å². The number of ether oxygens (including phenoxy) is 1. The van der Waals surface area contributed by atoms with Crippen molar-refractivity contribution >= 4 is 40.5 Å². The molecule has 1 rings (SSSR count). The molecule has 0 bridgehead atoms. The maximum Gasteiger partial charge on any atom is 0.206 e. The molecule has 0 saturated carbocycles. The maximum absolute atomic E-state index is 6.95. The summed E-state index contributed by atoms with van der Waals surface area (Å²) in [6.45, 7) is 2.50. The molecule has 4 N–H and O–H groups in total. The number of rotatable bonds is 4. The second-order valence-electron chi connectivity index (χ2n) is 2.90. The SMILES string of the molecule is CCOc1ccc(Br)cc1C=NNC(=N)N.Cl. The van der Waals surface area contributed by atoms with E-state index in [1.54, 1.807) is 6.21 Å². The number of hydrogen-bond donors (Lipinski definition) is 3. The zero-order chi connectivity index (χ0) is 12.0. The van der Waals surface area contributed by atoms with Crippen molar-refractivity contribution in [3.05, 3.63) is 28.2 Å². The Morgan fingerprint density at radius 2 is 2.35 bits per heavy atom. The Hall–Kier alpha value is -1.27. The van der Waals surface area contributed by atoms with Crippen LogP contribution in [0.15, 0.2) is 27.8 Å². The van der Waals surface area contributed by atoms with Crippen LogP contribution in [-0.2, 0) is 0 Å². The van der Waals surface area contributed by atoms with Gasteiger partial charge < -0.3 is 10.5 Å². The lowest BCUT2D eigenvalue weighted by atomic mass is 10.2. The van der Waals surface area contributed by atoms with Gasteiger partial charge in [0.05, 0.1) is 12.8 Å². The lowest BCUT2D eigenvalue weighted by molar-refractivity contribution is 0.339. The molecule has 1 aromatic rings. The van der Waals surface area contributed by atoms with Crippen LogP contribution in [0.3, 0.4) is 0 Å². The molecule has 94 valence electrons. The van der Waals surface area contributed by atoms with Gasteiger partial charge in [0.25, 0.3) is 0 Å².